The van der Waals surface area contributed by atoms with Crippen LogP contribution in [0.1, 0.15) is 39.2 Å². The number of nitrogens with one attached hydrogen (secondary N) is 1. The van der Waals surface area contributed by atoms with E-state index in [0.717, 1.165) is 34.1 Å². The number of nitrogens with zero attached hydrogens (tertiary/aromatic N) is 1. The van der Waals surface area contributed by atoms with Crippen LogP contribution >= 0.6 is 23.4 Å². The second kappa shape index (κ2) is 12.7. The quantitative estimate of drug-likeness (QED) is 0.381. The molecule has 1 N–H and O–H groups in total. The number of halogens is 1. The third-order valence-electron chi connectivity index (χ3n) is 4.70. The van der Waals surface area contributed by atoms with Crippen molar-refractivity contribution in [3.63, 3.8) is 0 Å². The van der Waals surface area contributed by atoms with E-state index in [1.54, 1.807) is 16.7 Å². The maximum absolute atomic E-state index is 13.0. The van der Waals surface area contributed by atoms with Gasteiger partial charge >= 0.3 is 0 Å². The summed E-state index contributed by atoms with van der Waals surface area (Å²) in [5.74, 6) is 0.753. The molecular formula is C24H31ClN2O2S. The number of carbonyl (C=O) groups is 2. The molecule has 0 aliphatic carbocycles. The average molecular weight is 447 g/mol. The Balaban J connectivity index is 1.92. The van der Waals surface area contributed by atoms with E-state index in [-0.39, 0.29) is 17.9 Å². The van der Waals surface area contributed by atoms with Crippen molar-refractivity contribution in [2.75, 3.05) is 12.3 Å². The van der Waals surface area contributed by atoms with E-state index < -0.39 is 6.04 Å². The van der Waals surface area contributed by atoms with Gasteiger partial charge in [0.2, 0.25) is 11.8 Å². The van der Waals surface area contributed by atoms with Crippen LogP contribution in [0.3, 0.4) is 0 Å². The van der Waals surface area contributed by atoms with Gasteiger partial charge in [0.15, 0.2) is 0 Å². The first-order valence-corrected chi connectivity index (χ1v) is 11.8. The van der Waals surface area contributed by atoms with E-state index in [2.05, 4.69) is 5.32 Å². The zero-order valence-electron chi connectivity index (χ0n) is 17.9. The molecule has 1 atom stereocenters. The van der Waals surface area contributed by atoms with Crippen LogP contribution in [0.2, 0.25) is 5.02 Å². The Morgan fingerprint density at radius 2 is 1.70 bits per heavy atom. The number of hydrogen-bond acceptors (Lipinski definition) is 3. The van der Waals surface area contributed by atoms with Gasteiger partial charge in [0.05, 0.1) is 0 Å². The topological polar surface area (TPSA) is 49.4 Å². The molecule has 0 aromatic heterocycles. The fourth-order valence-electron chi connectivity index (χ4n) is 3.06. The maximum atomic E-state index is 13.0. The molecule has 30 heavy (non-hydrogen) atoms. The Hall–Kier alpha value is -1.98. The smallest absolute Gasteiger partial charge is 0.242 e. The largest absolute Gasteiger partial charge is 0.352 e. The molecule has 0 aliphatic heterocycles. The number of hydrogen-bond donors (Lipinski definition) is 1. The molecule has 162 valence electrons. The second-order valence-electron chi connectivity index (χ2n) is 7.57. The minimum Gasteiger partial charge on any atom is -0.352 e. The summed E-state index contributed by atoms with van der Waals surface area (Å²) in [7, 11) is 0. The Bertz CT molecular complexity index is 797. The van der Waals surface area contributed by atoms with E-state index in [0.29, 0.717) is 13.0 Å². The Morgan fingerprint density at radius 3 is 2.33 bits per heavy atom. The van der Waals surface area contributed by atoms with Crippen LogP contribution in [-0.2, 0) is 16.0 Å². The van der Waals surface area contributed by atoms with Gasteiger partial charge in [0.1, 0.15) is 6.04 Å². The summed E-state index contributed by atoms with van der Waals surface area (Å²) >= 11 is 7.63. The summed E-state index contributed by atoms with van der Waals surface area (Å²) in [6.07, 6.45) is 1.91. The normalized spacial score (nSPS) is 11.9. The molecule has 2 aromatic rings. The van der Waals surface area contributed by atoms with Crippen molar-refractivity contribution in [3.05, 3.63) is 65.2 Å². The van der Waals surface area contributed by atoms with Crippen LogP contribution in [0.15, 0.2) is 59.5 Å². The highest BCUT2D eigenvalue weighted by atomic mass is 35.5. The molecular weight excluding hydrogens is 416 g/mol. The maximum Gasteiger partial charge on any atom is 0.242 e. The molecule has 0 radical (unpaired) electrons. The van der Waals surface area contributed by atoms with Crippen molar-refractivity contribution in [3.8, 4) is 0 Å². The fraction of sp³-hybridized carbons (Fsp3) is 0.417. The van der Waals surface area contributed by atoms with Gasteiger partial charge in [-0.2, -0.15) is 0 Å². The summed E-state index contributed by atoms with van der Waals surface area (Å²) in [6, 6.07) is 17.3. The van der Waals surface area contributed by atoms with Gasteiger partial charge in [-0.05, 0) is 69.2 Å². The molecule has 0 saturated carbocycles. The molecule has 2 amide bonds. The average Bonchev–Trinajstić information content (AvgIpc) is 2.72. The molecule has 0 heterocycles. The summed E-state index contributed by atoms with van der Waals surface area (Å²) in [6.45, 7) is 6.19. The third-order valence-corrected chi connectivity index (χ3v) is 6.05. The van der Waals surface area contributed by atoms with Gasteiger partial charge in [-0.1, -0.05) is 41.9 Å². The van der Waals surface area contributed by atoms with Crippen molar-refractivity contribution < 1.29 is 9.59 Å². The summed E-state index contributed by atoms with van der Waals surface area (Å²) in [5.41, 5.74) is 1.16. The first-order valence-electron chi connectivity index (χ1n) is 10.4. The minimum atomic E-state index is -0.493. The first-order chi connectivity index (χ1) is 14.4. The minimum absolute atomic E-state index is 0.0223. The highest BCUT2D eigenvalue weighted by Gasteiger charge is 2.25. The predicted octanol–water partition coefficient (Wildman–Crippen LogP) is 5.20. The Morgan fingerprint density at radius 1 is 1.03 bits per heavy atom. The van der Waals surface area contributed by atoms with Crippen LogP contribution < -0.4 is 5.32 Å². The van der Waals surface area contributed by atoms with Crippen molar-refractivity contribution in [2.24, 2.45) is 0 Å². The zero-order chi connectivity index (χ0) is 21.9. The molecule has 0 spiro atoms. The van der Waals surface area contributed by atoms with Crippen LogP contribution in [0, 0.1) is 0 Å². The molecule has 2 aromatic carbocycles. The highest BCUT2D eigenvalue weighted by molar-refractivity contribution is 7.99. The lowest BCUT2D eigenvalue weighted by Gasteiger charge is -2.29. The molecule has 0 saturated heterocycles. The van der Waals surface area contributed by atoms with Crippen LogP contribution in [0.25, 0.3) is 0 Å². The SMILES string of the molecule is CC(C)NC(=O)[C@H](C)N(CCc1ccccc1)C(=O)CCCSc1ccc(Cl)cc1. The van der Waals surface area contributed by atoms with Crippen molar-refractivity contribution in [1.82, 2.24) is 10.2 Å². The standard InChI is InChI=1S/C24H31ClN2O2S/c1-18(2)26-24(29)19(3)27(16-15-20-8-5-4-6-9-20)23(28)10-7-17-30-22-13-11-21(25)12-14-22/h4-6,8-9,11-14,18-19H,7,10,15-17H2,1-3H3,(H,26,29)/t19-/m0/s1. The fourth-order valence-corrected chi connectivity index (χ4v) is 4.04. The van der Waals surface area contributed by atoms with Crippen LogP contribution in [-0.4, -0.2) is 41.1 Å². The lowest BCUT2D eigenvalue weighted by atomic mass is 10.1. The molecule has 2 rings (SSSR count). The molecule has 6 heteroatoms. The van der Waals surface area contributed by atoms with Crippen molar-refractivity contribution in [2.45, 2.75) is 57.0 Å². The third kappa shape index (κ3) is 8.41. The van der Waals surface area contributed by atoms with E-state index in [9.17, 15) is 9.59 Å². The molecule has 0 bridgehead atoms. The number of carbonyl (C=O) groups excluding carboxylic acids is 2. The van der Waals surface area contributed by atoms with E-state index >= 15 is 0 Å². The lowest BCUT2D eigenvalue weighted by Crippen LogP contribution is -2.50. The highest BCUT2D eigenvalue weighted by Crippen LogP contribution is 2.21. The Kier molecular flexibility index (Phi) is 10.2. The predicted molar refractivity (Wildman–Crippen MR) is 126 cm³/mol. The van der Waals surface area contributed by atoms with Gasteiger partial charge in [-0.3, -0.25) is 9.59 Å². The molecule has 0 fully saturated rings. The number of benzene rings is 2. The van der Waals surface area contributed by atoms with E-state index in [1.807, 2.05) is 75.4 Å². The van der Waals surface area contributed by atoms with Crippen LogP contribution in [0.4, 0.5) is 0 Å². The number of thioether (sulfide) groups is 1. The van der Waals surface area contributed by atoms with Gasteiger partial charge < -0.3 is 10.2 Å². The van der Waals surface area contributed by atoms with Crippen molar-refractivity contribution in [1.29, 1.82) is 0 Å². The first kappa shape index (κ1) is 24.3. The zero-order valence-corrected chi connectivity index (χ0v) is 19.5. The summed E-state index contributed by atoms with van der Waals surface area (Å²) in [4.78, 5) is 28.4. The number of amides is 2. The second-order valence-corrected chi connectivity index (χ2v) is 9.17. The Labute approximate surface area is 189 Å². The van der Waals surface area contributed by atoms with Crippen molar-refractivity contribution >= 4 is 35.2 Å². The van der Waals surface area contributed by atoms with Gasteiger partial charge in [0.25, 0.3) is 0 Å². The van der Waals surface area contributed by atoms with Gasteiger partial charge in [-0.15, -0.1) is 11.8 Å². The molecule has 4 nitrogen and oxygen atoms in total. The van der Waals surface area contributed by atoms with Gasteiger partial charge in [-0.25, -0.2) is 0 Å². The van der Waals surface area contributed by atoms with E-state index in [4.69, 9.17) is 11.6 Å². The monoisotopic (exact) mass is 446 g/mol. The molecule has 0 aliphatic rings. The molecule has 0 unspecified atom stereocenters. The van der Waals surface area contributed by atoms with Gasteiger partial charge in [0, 0.05) is 28.9 Å². The number of rotatable bonds is 11. The van der Waals surface area contributed by atoms with E-state index in [1.165, 1.54) is 0 Å². The van der Waals surface area contributed by atoms with Crippen LogP contribution in [0.5, 0.6) is 0 Å². The lowest BCUT2D eigenvalue weighted by molar-refractivity contribution is -0.140. The summed E-state index contributed by atoms with van der Waals surface area (Å²) < 4.78 is 0. The summed E-state index contributed by atoms with van der Waals surface area (Å²) in [5, 5.41) is 3.64.